The molecule has 1 unspecified atom stereocenters. The zero-order valence-corrected chi connectivity index (χ0v) is 11.7. The van der Waals surface area contributed by atoms with E-state index in [9.17, 15) is 4.79 Å². The minimum Gasteiger partial charge on any atom is -0.480 e. The fraction of sp³-hybridized carbons (Fsp3) is 0.667. The zero-order chi connectivity index (χ0) is 13.7. The van der Waals surface area contributed by atoms with E-state index in [-0.39, 0.29) is 0 Å². The van der Waals surface area contributed by atoms with Crippen LogP contribution in [0.25, 0.3) is 0 Å². The number of likely N-dealkylation sites (tertiary alicyclic amines) is 1. The van der Waals surface area contributed by atoms with E-state index >= 15 is 0 Å². The van der Waals surface area contributed by atoms with Gasteiger partial charge in [-0.1, -0.05) is 6.42 Å². The van der Waals surface area contributed by atoms with Crippen molar-refractivity contribution in [1.29, 1.82) is 0 Å². The molecule has 0 amide bonds. The Bertz CT molecular complexity index is 418. The number of aromatic nitrogens is 1. The standard InChI is InChI=1S/C12H20N4O2S/c13-10(11(17)18)9-8-19-12(15-9)14-4-7-16-5-2-1-3-6-16/h8,10H,1-7,13H2,(H,14,15)(H,17,18). The van der Waals surface area contributed by atoms with Crippen molar-refractivity contribution >= 4 is 22.4 Å². The number of hydrogen-bond acceptors (Lipinski definition) is 6. The molecule has 0 spiro atoms. The Morgan fingerprint density at radius 1 is 1.53 bits per heavy atom. The minimum atomic E-state index is -1.05. The van der Waals surface area contributed by atoms with Crippen molar-refractivity contribution in [2.45, 2.75) is 25.3 Å². The van der Waals surface area contributed by atoms with E-state index in [2.05, 4.69) is 15.2 Å². The Hall–Kier alpha value is -1.18. The van der Waals surface area contributed by atoms with E-state index in [1.807, 2.05) is 0 Å². The van der Waals surface area contributed by atoms with Crippen LogP contribution in [0.2, 0.25) is 0 Å². The summed E-state index contributed by atoms with van der Waals surface area (Å²) >= 11 is 1.40. The average molecular weight is 284 g/mol. The van der Waals surface area contributed by atoms with Crippen molar-refractivity contribution in [2.24, 2.45) is 5.73 Å². The van der Waals surface area contributed by atoms with Crippen molar-refractivity contribution in [3.05, 3.63) is 11.1 Å². The van der Waals surface area contributed by atoms with Gasteiger partial charge in [-0.05, 0) is 25.9 Å². The molecule has 2 heterocycles. The Morgan fingerprint density at radius 2 is 2.26 bits per heavy atom. The molecule has 2 rings (SSSR count). The first-order valence-corrected chi connectivity index (χ1v) is 7.45. The minimum absolute atomic E-state index is 0.415. The molecule has 1 aromatic heterocycles. The van der Waals surface area contributed by atoms with Gasteiger partial charge in [0.15, 0.2) is 5.13 Å². The van der Waals surface area contributed by atoms with Crippen LogP contribution in [-0.2, 0) is 4.79 Å². The number of nitrogens with one attached hydrogen (secondary N) is 1. The summed E-state index contributed by atoms with van der Waals surface area (Å²) in [7, 11) is 0. The predicted octanol–water partition coefficient (Wildman–Crippen LogP) is 1.13. The smallest absolute Gasteiger partial charge is 0.326 e. The number of nitrogens with two attached hydrogens (primary N) is 1. The first-order valence-electron chi connectivity index (χ1n) is 6.57. The molecule has 7 heteroatoms. The van der Waals surface area contributed by atoms with Crippen LogP contribution in [0, 0.1) is 0 Å². The molecule has 1 atom stereocenters. The highest BCUT2D eigenvalue weighted by atomic mass is 32.1. The summed E-state index contributed by atoms with van der Waals surface area (Å²) in [6, 6.07) is -1.03. The van der Waals surface area contributed by atoms with Crippen LogP contribution in [-0.4, -0.2) is 47.1 Å². The third kappa shape index (κ3) is 4.15. The summed E-state index contributed by atoms with van der Waals surface area (Å²) < 4.78 is 0. The van der Waals surface area contributed by atoms with Gasteiger partial charge < -0.3 is 21.1 Å². The van der Waals surface area contributed by atoms with Gasteiger partial charge in [-0.25, -0.2) is 4.98 Å². The normalized spacial score (nSPS) is 18.2. The highest BCUT2D eigenvalue weighted by Crippen LogP contribution is 2.19. The second kappa shape index (κ2) is 6.83. The fourth-order valence-electron chi connectivity index (χ4n) is 2.14. The van der Waals surface area contributed by atoms with Crippen LogP contribution in [0.4, 0.5) is 5.13 Å². The van der Waals surface area contributed by atoms with Crippen molar-refractivity contribution in [3.8, 4) is 0 Å². The van der Waals surface area contributed by atoms with E-state index in [4.69, 9.17) is 10.8 Å². The highest BCUT2D eigenvalue weighted by Gasteiger charge is 2.17. The number of nitrogens with zero attached hydrogens (tertiary/aromatic N) is 2. The largest absolute Gasteiger partial charge is 0.480 e. The Balaban J connectivity index is 1.75. The Kier molecular flexibility index (Phi) is 5.12. The molecule has 4 N–H and O–H groups in total. The summed E-state index contributed by atoms with van der Waals surface area (Å²) in [6.07, 6.45) is 3.91. The number of hydrogen-bond donors (Lipinski definition) is 3. The number of aliphatic carboxylic acids is 1. The number of carbonyl (C=O) groups is 1. The summed E-state index contributed by atoms with van der Waals surface area (Å²) in [5.41, 5.74) is 5.92. The molecule has 1 fully saturated rings. The van der Waals surface area contributed by atoms with Crippen LogP contribution >= 0.6 is 11.3 Å². The van der Waals surface area contributed by atoms with Crippen molar-refractivity contribution in [3.63, 3.8) is 0 Å². The molecule has 106 valence electrons. The maximum absolute atomic E-state index is 10.7. The van der Waals surface area contributed by atoms with E-state index in [0.29, 0.717) is 5.69 Å². The summed E-state index contributed by atoms with van der Waals surface area (Å²) in [4.78, 5) is 17.4. The zero-order valence-electron chi connectivity index (χ0n) is 10.8. The predicted molar refractivity (Wildman–Crippen MR) is 75.5 cm³/mol. The van der Waals surface area contributed by atoms with E-state index in [1.54, 1.807) is 5.38 Å². The van der Waals surface area contributed by atoms with Gasteiger partial charge >= 0.3 is 5.97 Å². The first kappa shape index (κ1) is 14.2. The van der Waals surface area contributed by atoms with Crippen LogP contribution in [0.5, 0.6) is 0 Å². The highest BCUT2D eigenvalue weighted by molar-refractivity contribution is 7.13. The fourth-order valence-corrected chi connectivity index (χ4v) is 2.92. The van der Waals surface area contributed by atoms with Crippen LogP contribution in [0.3, 0.4) is 0 Å². The molecule has 0 saturated carbocycles. The molecule has 1 aromatic rings. The molecule has 0 bridgehead atoms. The maximum atomic E-state index is 10.7. The maximum Gasteiger partial charge on any atom is 0.326 e. The Morgan fingerprint density at radius 3 is 2.95 bits per heavy atom. The van der Waals surface area contributed by atoms with Gasteiger partial charge in [-0.15, -0.1) is 11.3 Å². The number of piperidine rings is 1. The Labute approximate surface area is 116 Å². The molecule has 1 saturated heterocycles. The number of rotatable bonds is 6. The van der Waals surface area contributed by atoms with Crippen LogP contribution < -0.4 is 11.1 Å². The lowest BCUT2D eigenvalue weighted by molar-refractivity contribution is -0.138. The topological polar surface area (TPSA) is 91.5 Å². The third-order valence-corrected chi connectivity index (χ3v) is 4.08. The third-order valence-electron chi connectivity index (χ3n) is 3.26. The number of anilines is 1. The molecule has 19 heavy (non-hydrogen) atoms. The van der Waals surface area contributed by atoms with E-state index in [0.717, 1.165) is 18.2 Å². The second-order valence-corrected chi connectivity index (χ2v) is 5.58. The van der Waals surface area contributed by atoms with Crippen molar-refractivity contribution in [1.82, 2.24) is 9.88 Å². The average Bonchev–Trinajstić information content (AvgIpc) is 2.88. The molecule has 0 aliphatic carbocycles. The second-order valence-electron chi connectivity index (χ2n) is 4.72. The van der Waals surface area contributed by atoms with Gasteiger partial charge in [0.2, 0.25) is 0 Å². The molecule has 6 nitrogen and oxygen atoms in total. The molecule has 0 radical (unpaired) electrons. The number of carboxylic acid groups (broad SMARTS) is 1. The molecular weight excluding hydrogens is 264 g/mol. The van der Waals surface area contributed by atoms with Crippen molar-refractivity contribution in [2.75, 3.05) is 31.5 Å². The lowest BCUT2D eigenvalue weighted by Gasteiger charge is -2.26. The molecule has 1 aliphatic heterocycles. The molecular formula is C12H20N4O2S. The SMILES string of the molecule is NC(C(=O)O)c1csc(NCCN2CCCCC2)n1. The quantitative estimate of drug-likeness (QED) is 0.725. The van der Waals surface area contributed by atoms with Crippen LogP contribution in [0.15, 0.2) is 5.38 Å². The van der Waals surface area contributed by atoms with E-state index < -0.39 is 12.0 Å². The lowest BCUT2D eigenvalue weighted by Crippen LogP contribution is -2.33. The number of carboxylic acids is 1. The number of thiazole rings is 1. The monoisotopic (exact) mass is 284 g/mol. The van der Waals surface area contributed by atoms with Gasteiger partial charge in [0.05, 0.1) is 5.69 Å². The van der Waals surface area contributed by atoms with Gasteiger partial charge in [0.1, 0.15) is 6.04 Å². The lowest BCUT2D eigenvalue weighted by atomic mass is 10.1. The van der Waals surface area contributed by atoms with E-state index in [1.165, 1.54) is 43.7 Å². The molecule has 1 aliphatic rings. The van der Waals surface area contributed by atoms with Gasteiger partial charge in [-0.2, -0.15) is 0 Å². The van der Waals surface area contributed by atoms with Gasteiger partial charge in [0, 0.05) is 18.5 Å². The van der Waals surface area contributed by atoms with Crippen molar-refractivity contribution < 1.29 is 9.90 Å². The summed E-state index contributed by atoms with van der Waals surface area (Å²) in [6.45, 7) is 4.18. The summed E-state index contributed by atoms with van der Waals surface area (Å²) in [5, 5.41) is 14.5. The van der Waals surface area contributed by atoms with Gasteiger partial charge in [-0.3, -0.25) is 4.79 Å². The van der Waals surface area contributed by atoms with Crippen LogP contribution in [0.1, 0.15) is 31.0 Å². The summed E-state index contributed by atoms with van der Waals surface area (Å²) in [5.74, 6) is -1.05. The van der Waals surface area contributed by atoms with Gasteiger partial charge in [0.25, 0.3) is 0 Å². The first-order chi connectivity index (χ1) is 9.16. The molecule has 0 aromatic carbocycles.